The lowest BCUT2D eigenvalue weighted by Crippen LogP contribution is -2.18. The van der Waals surface area contributed by atoms with E-state index in [-0.39, 0.29) is 5.69 Å². The molecule has 0 spiro atoms. The number of pyridine rings is 1. The molecule has 0 unspecified atom stereocenters. The molecular formula is C7H5F3N2O4. The second kappa shape index (κ2) is 3.83. The van der Waals surface area contributed by atoms with E-state index in [4.69, 9.17) is 0 Å². The van der Waals surface area contributed by atoms with Gasteiger partial charge < -0.3 is 9.84 Å². The van der Waals surface area contributed by atoms with E-state index in [9.17, 15) is 28.4 Å². The zero-order chi connectivity index (χ0) is 12.5. The third-order valence-electron chi connectivity index (χ3n) is 1.58. The summed E-state index contributed by atoms with van der Waals surface area (Å²) in [5.74, 6) is -2.10. The summed E-state index contributed by atoms with van der Waals surface area (Å²) in [6.07, 6.45) is -4.56. The minimum Gasteiger partial charge on any atom is -0.501 e. The summed E-state index contributed by atoms with van der Waals surface area (Å²) in [5.41, 5.74) is -1.33. The van der Waals surface area contributed by atoms with E-state index in [1.807, 2.05) is 0 Å². The van der Waals surface area contributed by atoms with Gasteiger partial charge in [-0.15, -0.1) is 13.2 Å². The van der Waals surface area contributed by atoms with Crippen molar-refractivity contribution >= 4 is 5.69 Å². The lowest BCUT2D eigenvalue weighted by molar-refractivity contribution is -0.389. The monoisotopic (exact) mass is 238 g/mol. The van der Waals surface area contributed by atoms with Gasteiger partial charge in [-0.25, -0.2) is 0 Å². The van der Waals surface area contributed by atoms with Crippen molar-refractivity contribution in [3.8, 4) is 11.5 Å². The number of rotatable bonds is 2. The maximum atomic E-state index is 11.9. The molecule has 1 heterocycles. The summed E-state index contributed by atoms with van der Waals surface area (Å²) in [7, 11) is 0. The van der Waals surface area contributed by atoms with Gasteiger partial charge >= 0.3 is 12.0 Å². The van der Waals surface area contributed by atoms with Crippen molar-refractivity contribution in [2.45, 2.75) is 13.3 Å². The molecule has 0 amide bonds. The van der Waals surface area contributed by atoms with Gasteiger partial charge in [-0.3, -0.25) is 15.1 Å². The highest BCUT2D eigenvalue weighted by Gasteiger charge is 2.36. The van der Waals surface area contributed by atoms with E-state index >= 15 is 0 Å². The van der Waals surface area contributed by atoms with Gasteiger partial charge in [-0.1, -0.05) is 0 Å². The number of alkyl halides is 3. The van der Waals surface area contributed by atoms with E-state index in [0.29, 0.717) is 6.20 Å². The quantitative estimate of drug-likeness (QED) is 0.628. The maximum absolute atomic E-state index is 11.9. The topological polar surface area (TPSA) is 85.5 Å². The molecule has 1 N–H and O–H groups in total. The van der Waals surface area contributed by atoms with Gasteiger partial charge in [-0.05, 0) is 6.92 Å². The Morgan fingerprint density at radius 2 is 2.12 bits per heavy atom. The molecule has 88 valence electrons. The van der Waals surface area contributed by atoms with Crippen molar-refractivity contribution < 1.29 is 27.9 Å². The SMILES string of the molecule is Cc1ncc(OC(F)(F)F)c([N+](=O)[O-])c1O. The molecule has 0 saturated carbocycles. The van der Waals surface area contributed by atoms with Crippen LogP contribution >= 0.6 is 0 Å². The third kappa shape index (κ3) is 2.49. The van der Waals surface area contributed by atoms with Crippen LogP contribution in [-0.2, 0) is 0 Å². The minimum atomic E-state index is -5.09. The van der Waals surface area contributed by atoms with Gasteiger partial charge in [0, 0.05) is 0 Å². The number of aromatic nitrogens is 1. The Morgan fingerprint density at radius 3 is 2.56 bits per heavy atom. The van der Waals surface area contributed by atoms with Crippen LogP contribution in [0.15, 0.2) is 6.20 Å². The predicted molar refractivity (Wildman–Crippen MR) is 44.0 cm³/mol. The summed E-state index contributed by atoms with van der Waals surface area (Å²) < 4.78 is 39.0. The number of halogens is 3. The highest BCUT2D eigenvalue weighted by atomic mass is 19.4. The molecule has 1 aromatic rings. The van der Waals surface area contributed by atoms with Gasteiger partial charge in [0.05, 0.1) is 16.8 Å². The van der Waals surface area contributed by atoms with Crippen molar-refractivity contribution in [2.24, 2.45) is 0 Å². The fraction of sp³-hybridized carbons (Fsp3) is 0.286. The van der Waals surface area contributed by atoms with Crippen LogP contribution in [0.5, 0.6) is 11.5 Å². The zero-order valence-corrected chi connectivity index (χ0v) is 7.78. The van der Waals surface area contributed by atoms with E-state index in [2.05, 4.69) is 9.72 Å². The molecule has 16 heavy (non-hydrogen) atoms. The summed E-state index contributed by atoms with van der Waals surface area (Å²) >= 11 is 0. The van der Waals surface area contributed by atoms with Gasteiger partial charge in [0.1, 0.15) is 0 Å². The van der Waals surface area contributed by atoms with Crippen LogP contribution in [0.25, 0.3) is 0 Å². The zero-order valence-electron chi connectivity index (χ0n) is 7.78. The molecule has 0 radical (unpaired) electrons. The molecule has 0 aromatic carbocycles. The maximum Gasteiger partial charge on any atom is 0.573 e. The van der Waals surface area contributed by atoms with Crippen LogP contribution in [0.4, 0.5) is 18.9 Å². The van der Waals surface area contributed by atoms with Crippen molar-refractivity contribution in [1.82, 2.24) is 4.98 Å². The number of nitrogens with zero attached hydrogens (tertiary/aromatic N) is 2. The van der Waals surface area contributed by atoms with Crippen LogP contribution in [0.1, 0.15) is 5.69 Å². The lowest BCUT2D eigenvalue weighted by Gasteiger charge is -2.09. The molecule has 0 bridgehead atoms. The first-order valence-corrected chi connectivity index (χ1v) is 3.81. The molecule has 0 atom stereocenters. The van der Waals surface area contributed by atoms with Crippen molar-refractivity contribution in [3.63, 3.8) is 0 Å². The number of aryl methyl sites for hydroxylation is 1. The van der Waals surface area contributed by atoms with Gasteiger partial charge in [0.2, 0.25) is 11.5 Å². The van der Waals surface area contributed by atoms with Crippen molar-refractivity contribution in [1.29, 1.82) is 0 Å². The van der Waals surface area contributed by atoms with Crippen molar-refractivity contribution in [3.05, 3.63) is 22.0 Å². The standard InChI is InChI=1S/C7H5F3N2O4/c1-3-6(13)5(12(14)15)4(2-11-3)16-7(8,9)10/h2,13H,1H3. The highest BCUT2D eigenvalue weighted by molar-refractivity contribution is 5.57. The molecule has 1 aromatic heterocycles. The first-order valence-electron chi connectivity index (χ1n) is 3.81. The van der Waals surface area contributed by atoms with Crippen LogP contribution in [-0.4, -0.2) is 21.4 Å². The fourth-order valence-electron chi connectivity index (χ4n) is 0.942. The summed E-state index contributed by atoms with van der Waals surface area (Å²) in [5, 5.41) is 19.6. The second-order valence-corrected chi connectivity index (χ2v) is 2.71. The Labute approximate surface area is 86.4 Å². The first kappa shape index (κ1) is 12.0. The van der Waals surface area contributed by atoms with E-state index < -0.39 is 28.5 Å². The Morgan fingerprint density at radius 1 is 1.56 bits per heavy atom. The smallest absolute Gasteiger partial charge is 0.501 e. The normalized spacial score (nSPS) is 11.2. The average Bonchev–Trinajstić information content (AvgIpc) is 2.08. The fourth-order valence-corrected chi connectivity index (χ4v) is 0.942. The molecular weight excluding hydrogens is 233 g/mol. The van der Waals surface area contributed by atoms with Crippen LogP contribution in [0.2, 0.25) is 0 Å². The molecule has 0 saturated heterocycles. The van der Waals surface area contributed by atoms with Crippen molar-refractivity contribution in [2.75, 3.05) is 0 Å². The second-order valence-electron chi connectivity index (χ2n) is 2.71. The van der Waals surface area contributed by atoms with Crippen LogP contribution in [0.3, 0.4) is 0 Å². The molecule has 0 fully saturated rings. The summed E-state index contributed by atoms with van der Waals surface area (Å²) in [4.78, 5) is 12.6. The molecule has 0 aliphatic heterocycles. The number of hydrogen-bond acceptors (Lipinski definition) is 5. The Kier molecular flexibility index (Phi) is 2.88. The molecule has 9 heteroatoms. The van der Waals surface area contributed by atoms with Gasteiger partial charge in [0.15, 0.2) is 0 Å². The number of aromatic hydroxyl groups is 1. The predicted octanol–water partition coefficient (Wildman–Crippen LogP) is 1.90. The largest absolute Gasteiger partial charge is 0.573 e. The lowest BCUT2D eigenvalue weighted by atomic mass is 10.3. The van der Waals surface area contributed by atoms with Crippen LogP contribution < -0.4 is 4.74 Å². The van der Waals surface area contributed by atoms with Gasteiger partial charge in [-0.2, -0.15) is 0 Å². The summed E-state index contributed by atoms with van der Waals surface area (Å²) in [6.45, 7) is 1.21. The number of hydrogen-bond donors (Lipinski definition) is 1. The number of ether oxygens (including phenoxy) is 1. The Balaban J connectivity index is 3.29. The average molecular weight is 238 g/mol. The molecule has 1 rings (SSSR count). The Hall–Kier alpha value is -2.06. The molecule has 6 nitrogen and oxygen atoms in total. The molecule has 0 aliphatic rings. The molecule has 0 aliphatic carbocycles. The number of nitro groups is 1. The van der Waals surface area contributed by atoms with Gasteiger partial charge in [0.25, 0.3) is 0 Å². The van der Waals surface area contributed by atoms with E-state index in [1.165, 1.54) is 6.92 Å². The minimum absolute atomic E-state index is 0.166. The Bertz CT molecular complexity index is 432. The van der Waals surface area contributed by atoms with E-state index in [1.54, 1.807) is 0 Å². The third-order valence-corrected chi connectivity index (χ3v) is 1.58. The van der Waals surface area contributed by atoms with Crippen LogP contribution in [0, 0.1) is 17.0 Å². The first-order chi connectivity index (χ1) is 7.22. The highest BCUT2D eigenvalue weighted by Crippen LogP contribution is 2.39. The summed E-state index contributed by atoms with van der Waals surface area (Å²) in [6, 6.07) is 0. The van der Waals surface area contributed by atoms with E-state index in [0.717, 1.165) is 0 Å².